The molecule has 2 aliphatic heterocycles. The van der Waals surface area contributed by atoms with Crippen LogP contribution in [0.4, 0.5) is 0 Å². The molecule has 5 nitrogen and oxygen atoms in total. The second-order valence-electron chi connectivity index (χ2n) is 5.24. The van der Waals surface area contributed by atoms with Crippen molar-refractivity contribution >= 4 is 11.9 Å². The number of carbonyl (C=O) groups is 2. The molecule has 2 fully saturated rings. The Labute approximate surface area is 108 Å². The van der Waals surface area contributed by atoms with E-state index in [9.17, 15) is 9.59 Å². The molecule has 2 aliphatic rings. The Morgan fingerprint density at radius 2 is 1.83 bits per heavy atom. The van der Waals surface area contributed by atoms with E-state index in [1.165, 1.54) is 12.8 Å². The average molecular weight is 254 g/mol. The average Bonchev–Trinajstić information content (AvgIpc) is 2.99. The predicted octanol–water partition coefficient (Wildman–Crippen LogP) is 0.938. The molecule has 0 bridgehead atoms. The molecule has 18 heavy (non-hydrogen) atoms. The monoisotopic (exact) mass is 254 g/mol. The van der Waals surface area contributed by atoms with E-state index in [1.807, 2.05) is 0 Å². The van der Waals surface area contributed by atoms with Gasteiger partial charge in [0, 0.05) is 13.0 Å². The molecule has 1 unspecified atom stereocenters. The molecule has 1 amide bonds. The minimum Gasteiger partial charge on any atom is -0.480 e. The van der Waals surface area contributed by atoms with Crippen LogP contribution in [0.1, 0.15) is 38.5 Å². The van der Waals surface area contributed by atoms with Gasteiger partial charge in [0.2, 0.25) is 5.91 Å². The SMILES string of the molecule is O=C(O)C1CCCN1C(=O)CCCN1CCCC1. The van der Waals surface area contributed by atoms with Gasteiger partial charge in [-0.2, -0.15) is 0 Å². The molecular weight excluding hydrogens is 232 g/mol. The van der Waals surface area contributed by atoms with E-state index in [0.717, 1.165) is 32.5 Å². The van der Waals surface area contributed by atoms with Gasteiger partial charge in [-0.15, -0.1) is 0 Å². The van der Waals surface area contributed by atoms with Crippen molar-refractivity contribution in [1.82, 2.24) is 9.80 Å². The summed E-state index contributed by atoms with van der Waals surface area (Å²) in [6.07, 6.45) is 5.28. The maximum absolute atomic E-state index is 12.0. The molecule has 0 saturated carbocycles. The van der Waals surface area contributed by atoms with Gasteiger partial charge in [0.15, 0.2) is 0 Å². The summed E-state index contributed by atoms with van der Waals surface area (Å²) >= 11 is 0. The van der Waals surface area contributed by atoms with Crippen LogP contribution < -0.4 is 0 Å². The van der Waals surface area contributed by atoms with Crippen molar-refractivity contribution in [2.75, 3.05) is 26.2 Å². The van der Waals surface area contributed by atoms with Crippen LogP contribution in [-0.2, 0) is 9.59 Å². The summed E-state index contributed by atoms with van der Waals surface area (Å²) in [5.41, 5.74) is 0. The maximum atomic E-state index is 12.0. The largest absolute Gasteiger partial charge is 0.480 e. The minimum absolute atomic E-state index is 0.0131. The number of likely N-dealkylation sites (tertiary alicyclic amines) is 2. The molecule has 0 aromatic carbocycles. The van der Waals surface area contributed by atoms with Crippen molar-refractivity contribution in [2.45, 2.75) is 44.6 Å². The van der Waals surface area contributed by atoms with Gasteiger partial charge >= 0.3 is 5.97 Å². The second-order valence-corrected chi connectivity index (χ2v) is 5.24. The van der Waals surface area contributed by atoms with Crippen LogP contribution in [0.15, 0.2) is 0 Å². The number of aliphatic carboxylic acids is 1. The van der Waals surface area contributed by atoms with E-state index in [-0.39, 0.29) is 5.91 Å². The third-order valence-corrected chi connectivity index (χ3v) is 3.92. The molecule has 0 spiro atoms. The first-order chi connectivity index (χ1) is 8.68. The number of carboxylic acids is 1. The summed E-state index contributed by atoms with van der Waals surface area (Å²) in [6.45, 7) is 3.88. The molecule has 102 valence electrons. The normalized spacial score (nSPS) is 24.7. The van der Waals surface area contributed by atoms with Crippen LogP contribution in [0.3, 0.4) is 0 Å². The van der Waals surface area contributed by atoms with Gasteiger partial charge in [-0.3, -0.25) is 4.79 Å². The number of hydrogen-bond donors (Lipinski definition) is 1. The zero-order valence-electron chi connectivity index (χ0n) is 10.8. The lowest BCUT2D eigenvalue weighted by Crippen LogP contribution is -2.40. The number of carboxylic acid groups (broad SMARTS) is 1. The first kappa shape index (κ1) is 13.3. The molecule has 0 radical (unpaired) electrons. The van der Waals surface area contributed by atoms with Crippen LogP contribution in [0.25, 0.3) is 0 Å². The smallest absolute Gasteiger partial charge is 0.326 e. The van der Waals surface area contributed by atoms with Crippen LogP contribution in [0.5, 0.6) is 0 Å². The van der Waals surface area contributed by atoms with Crippen LogP contribution in [-0.4, -0.2) is 59.0 Å². The van der Waals surface area contributed by atoms with Gasteiger partial charge in [0.25, 0.3) is 0 Å². The molecular formula is C13H22N2O3. The Hall–Kier alpha value is -1.10. The number of carbonyl (C=O) groups excluding carboxylic acids is 1. The first-order valence-electron chi connectivity index (χ1n) is 6.93. The summed E-state index contributed by atoms with van der Waals surface area (Å²) < 4.78 is 0. The molecule has 5 heteroatoms. The lowest BCUT2D eigenvalue weighted by atomic mass is 10.2. The standard InChI is InChI=1S/C13H22N2O3/c16-12(6-4-9-14-7-1-2-8-14)15-10-3-5-11(15)13(17)18/h11H,1-10H2,(H,17,18). The fraction of sp³-hybridized carbons (Fsp3) is 0.846. The van der Waals surface area contributed by atoms with Crippen molar-refractivity contribution < 1.29 is 14.7 Å². The Morgan fingerprint density at radius 3 is 2.50 bits per heavy atom. The van der Waals surface area contributed by atoms with E-state index < -0.39 is 12.0 Å². The molecule has 1 atom stereocenters. The highest BCUT2D eigenvalue weighted by Crippen LogP contribution is 2.19. The summed E-state index contributed by atoms with van der Waals surface area (Å²) in [5.74, 6) is -0.848. The maximum Gasteiger partial charge on any atom is 0.326 e. The number of nitrogens with zero attached hydrogens (tertiary/aromatic N) is 2. The summed E-state index contributed by atoms with van der Waals surface area (Å²) in [4.78, 5) is 26.9. The lowest BCUT2D eigenvalue weighted by Gasteiger charge is -2.22. The van der Waals surface area contributed by atoms with E-state index in [0.29, 0.717) is 19.4 Å². The Morgan fingerprint density at radius 1 is 1.11 bits per heavy atom. The second kappa shape index (κ2) is 6.18. The van der Waals surface area contributed by atoms with E-state index in [4.69, 9.17) is 5.11 Å². The van der Waals surface area contributed by atoms with Crippen LogP contribution in [0.2, 0.25) is 0 Å². The molecule has 0 aliphatic carbocycles. The van der Waals surface area contributed by atoms with Gasteiger partial charge in [-0.05, 0) is 51.7 Å². The molecule has 2 saturated heterocycles. The van der Waals surface area contributed by atoms with Gasteiger partial charge in [-0.25, -0.2) is 4.79 Å². The summed E-state index contributed by atoms with van der Waals surface area (Å²) in [6, 6.07) is -0.579. The zero-order valence-corrected chi connectivity index (χ0v) is 10.8. The fourth-order valence-corrected chi connectivity index (χ4v) is 2.93. The highest BCUT2D eigenvalue weighted by molar-refractivity contribution is 5.84. The third-order valence-electron chi connectivity index (χ3n) is 3.92. The Kier molecular flexibility index (Phi) is 4.58. The van der Waals surface area contributed by atoms with E-state index >= 15 is 0 Å². The van der Waals surface area contributed by atoms with Gasteiger partial charge < -0.3 is 14.9 Å². The molecule has 2 rings (SSSR count). The highest BCUT2D eigenvalue weighted by atomic mass is 16.4. The van der Waals surface area contributed by atoms with E-state index in [2.05, 4.69) is 4.90 Å². The van der Waals surface area contributed by atoms with Crippen molar-refractivity contribution in [3.05, 3.63) is 0 Å². The van der Waals surface area contributed by atoms with Crippen LogP contribution in [0, 0.1) is 0 Å². The van der Waals surface area contributed by atoms with Crippen molar-refractivity contribution in [3.8, 4) is 0 Å². The third kappa shape index (κ3) is 3.22. The fourth-order valence-electron chi connectivity index (χ4n) is 2.93. The topological polar surface area (TPSA) is 60.9 Å². The number of hydrogen-bond acceptors (Lipinski definition) is 3. The van der Waals surface area contributed by atoms with Crippen molar-refractivity contribution in [1.29, 1.82) is 0 Å². The number of amides is 1. The molecule has 0 aromatic heterocycles. The van der Waals surface area contributed by atoms with Crippen molar-refractivity contribution in [3.63, 3.8) is 0 Å². The van der Waals surface area contributed by atoms with Gasteiger partial charge in [0.1, 0.15) is 6.04 Å². The van der Waals surface area contributed by atoms with Crippen molar-refractivity contribution in [2.24, 2.45) is 0 Å². The Bertz CT molecular complexity index is 313. The van der Waals surface area contributed by atoms with E-state index in [1.54, 1.807) is 4.90 Å². The zero-order chi connectivity index (χ0) is 13.0. The molecule has 0 aromatic rings. The highest BCUT2D eigenvalue weighted by Gasteiger charge is 2.33. The number of rotatable bonds is 5. The predicted molar refractivity (Wildman–Crippen MR) is 67.3 cm³/mol. The summed E-state index contributed by atoms with van der Waals surface area (Å²) in [7, 11) is 0. The summed E-state index contributed by atoms with van der Waals surface area (Å²) in [5, 5.41) is 9.03. The quantitative estimate of drug-likeness (QED) is 0.793. The van der Waals surface area contributed by atoms with Crippen LogP contribution >= 0.6 is 0 Å². The molecule has 1 N–H and O–H groups in total. The lowest BCUT2D eigenvalue weighted by molar-refractivity contribution is -0.148. The Balaban J connectivity index is 1.71. The van der Waals surface area contributed by atoms with Gasteiger partial charge in [0.05, 0.1) is 0 Å². The first-order valence-corrected chi connectivity index (χ1v) is 6.93. The molecule has 2 heterocycles. The minimum atomic E-state index is -0.861. The van der Waals surface area contributed by atoms with Gasteiger partial charge in [-0.1, -0.05) is 0 Å².